The number of benzene rings is 2. The van der Waals surface area contributed by atoms with Gasteiger partial charge < -0.3 is 4.57 Å². The molecule has 0 amide bonds. The Hall–Kier alpha value is -2.39. The summed E-state index contributed by atoms with van der Waals surface area (Å²) in [7, 11) is 0. The molecule has 2 nitrogen and oxygen atoms in total. The molecule has 132 valence electrons. The van der Waals surface area contributed by atoms with Crippen LogP contribution in [-0.4, -0.2) is 22.6 Å². The topological polar surface area (TPSA) is 8.17 Å². The lowest BCUT2D eigenvalue weighted by Gasteiger charge is -2.24. The number of aromatic nitrogens is 1. The van der Waals surface area contributed by atoms with Gasteiger partial charge in [0.1, 0.15) is 5.82 Å². The number of nitrogens with zero attached hydrogens (tertiary/aromatic N) is 2. The van der Waals surface area contributed by atoms with Crippen molar-refractivity contribution in [2.24, 2.45) is 0 Å². The van der Waals surface area contributed by atoms with Gasteiger partial charge in [0.05, 0.1) is 5.52 Å². The Balaban J connectivity index is 1.75. The third kappa shape index (κ3) is 2.34. The summed E-state index contributed by atoms with van der Waals surface area (Å²) in [5, 5.41) is 1.38. The van der Waals surface area contributed by atoms with Crippen LogP contribution >= 0.6 is 0 Å². The van der Waals surface area contributed by atoms with Crippen molar-refractivity contribution in [2.45, 2.75) is 32.7 Å². The van der Waals surface area contributed by atoms with Gasteiger partial charge >= 0.3 is 0 Å². The largest absolute Gasteiger partial charge is 0.318 e. The fourth-order valence-corrected chi connectivity index (χ4v) is 4.74. The Morgan fingerprint density at radius 3 is 2.88 bits per heavy atom. The number of aryl methyl sites for hydroxylation is 1. The first-order valence-corrected chi connectivity index (χ1v) is 9.41. The van der Waals surface area contributed by atoms with E-state index < -0.39 is 0 Å². The molecule has 0 N–H and O–H groups in total. The molecule has 2 atom stereocenters. The summed E-state index contributed by atoms with van der Waals surface area (Å²) in [6, 6.07) is 13.8. The van der Waals surface area contributed by atoms with E-state index >= 15 is 0 Å². The third-order valence-electron chi connectivity index (χ3n) is 5.98. The minimum atomic E-state index is -0.161. The summed E-state index contributed by atoms with van der Waals surface area (Å²) in [4.78, 5) is 2.54. The van der Waals surface area contributed by atoms with E-state index in [0.29, 0.717) is 11.5 Å². The minimum absolute atomic E-state index is 0.161. The maximum Gasteiger partial charge on any atom is 0.130 e. The van der Waals surface area contributed by atoms with Crippen LogP contribution in [0.15, 0.2) is 42.5 Å². The molecule has 26 heavy (non-hydrogen) atoms. The highest BCUT2D eigenvalue weighted by atomic mass is 19.1. The average Bonchev–Trinajstić information content (AvgIpc) is 3.14. The van der Waals surface area contributed by atoms with E-state index in [2.05, 4.69) is 40.8 Å². The van der Waals surface area contributed by atoms with Crippen LogP contribution in [0.25, 0.3) is 22.7 Å². The number of fused-ring (bicyclic) bond motifs is 6. The minimum Gasteiger partial charge on any atom is -0.318 e. The van der Waals surface area contributed by atoms with Crippen molar-refractivity contribution in [1.29, 1.82) is 0 Å². The normalized spacial score (nSPS) is 22.0. The molecule has 1 aromatic heterocycles. The second kappa shape index (κ2) is 5.82. The SMILES string of the molecule is C/C(=C\n1c2c(c3cc(C)ccc31)C1CCN(C2)C1)c1ccccc1F. The van der Waals surface area contributed by atoms with Crippen molar-refractivity contribution in [1.82, 2.24) is 9.47 Å². The second-order valence-electron chi connectivity index (χ2n) is 7.76. The molecule has 3 heteroatoms. The number of hydrogen-bond acceptors (Lipinski definition) is 1. The lowest BCUT2D eigenvalue weighted by atomic mass is 9.93. The number of halogens is 1. The van der Waals surface area contributed by atoms with Crippen molar-refractivity contribution < 1.29 is 4.39 Å². The molecule has 5 rings (SSSR count). The molecule has 3 aromatic rings. The number of hydrogen-bond donors (Lipinski definition) is 0. The summed E-state index contributed by atoms with van der Waals surface area (Å²) < 4.78 is 16.6. The first-order valence-electron chi connectivity index (χ1n) is 9.41. The lowest BCUT2D eigenvalue weighted by Crippen LogP contribution is -2.25. The van der Waals surface area contributed by atoms with Gasteiger partial charge in [-0.2, -0.15) is 0 Å². The second-order valence-corrected chi connectivity index (χ2v) is 7.76. The molecule has 2 unspecified atom stereocenters. The summed E-state index contributed by atoms with van der Waals surface area (Å²) in [5.41, 5.74) is 7.08. The first-order chi connectivity index (χ1) is 12.6. The summed E-state index contributed by atoms with van der Waals surface area (Å²) in [6.45, 7) is 7.51. The summed E-state index contributed by atoms with van der Waals surface area (Å²) >= 11 is 0. The van der Waals surface area contributed by atoms with Gasteiger partial charge in [-0.05, 0) is 56.1 Å². The van der Waals surface area contributed by atoms with Gasteiger partial charge in [-0.25, -0.2) is 4.39 Å². The molecule has 0 aliphatic carbocycles. The fourth-order valence-electron chi connectivity index (χ4n) is 4.74. The molecule has 1 fully saturated rings. The maximum absolute atomic E-state index is 14.3. The van der Waals surface area contributed by atoms with E-state index in [1.807, 2.05) is 19.1 Å². The van der Waals surface area contributed by atoms with Crippen LogP contribution < -0.4 is 0 Å². The van der Waals surface area contributed by atoms with E-state index in [4.69, 9.17) is 0 Å². The molecule has 2 aliphatic rings. The van der Waals surface area contributed by atoms with Crippen molar-refractivity contribution in [3.05, 3.63) is 70.7 Å². The quantitative estimate of drug-likeness (QED) is 0.602. The van der Waals surface area contributed by atoms with Gasteiger partial charge in [-0.15, -0.1) is 0 Å². The Kier molecular flexibility index (Phi) is 3.54. The molecule has 0 spiro atoms. The van der Waals surface area contributed by atoms with Crippen LogP contribution in [0.4, 0.5) is 4.39 Å². The van der Waals surface area contributed by atoms with Crippen molar-refractivity contribution >= 4 is 22.7 Å². The molecule has 2 aliphatic heterocycles. The van der Waals surface area contributed by atoms with Crippen LogP contribution in [-0.2, 0) is 6.54 Å². The standard InChI is InChI=1S/C23H23FN2/c1-15-7-8-21-19(11-15)23-17-9-10-25(13-17)14-22(23)26(21)12-16(2)18-5-3-4-6-20(18)24/h3-8,11-12,17H,9-10,13-14H2,1-2H3/b16-12+. The van der Waals surface area contributed by atoms with E-state index in [1.54, 1.807) is 6.07 Å². The van der Waals surface area contributed by atoms with Crippen LogP contribution in [0.3, 0.4) is 0 Å². The van der Waals surface area contributed by atoms with Gasteiger partial charge in [0.15, 0.2) is 0 Å². The Bertz CT molecular complexity index is 1040. The van der Waals surface area contributed by atoms with Crippen LogP contribution in [0.5, 0.6) is 0 Å². The maximum atomic E-state index is 14.3. The van der Waals surface area contributed by atoms with Crippen molar-refractivity contribution in [2.75, 3.05) is 13.1 Å². The molecule has 2 aromatic carbocycles. The molecule has 2 bridgehead atoms. The lowest BCUT2D eigenvalue weighted by molar-refractivity contribution is 0.308. The Labute approximate surface area is 153 Å². The van der Waals surface area contributed by atoms with Crippen molar-refractivity contribution in [3.8, 4) is 0 Å². The zero-order chi connectivity index (χ0) is 17.8. The molecule has 0 radical (unpaired) electrons. The highest BCUT2D eigenvalue weighted by Gasteiger charge is 2.35. The van der Waals surface area contributed by atoms with Gasteiger partial charge in [0, 0.05) is 41.9 Å². The number of allylic oxidation sites excluding steroid dienone is 1. The molecule has 0 saturated carbocycles. The van der Waals surface area contributed by atoms with E-state index in [9.17, 15) is 4.39 Å². The van der Waals surface area contributed by atoms with Crippen molar-refractivity contribution in [3.63, 3.8) is 0 Å². The first kappa shape index (κ1) is 15.8. The van der Waals surface area contributed by atoms with Crippen LogP contribution in [0.2, 0.25) is 0 Å². The molecular formula is C23H23FN2. The van der Waals surface area contributed by atoms with Gasteiger partial charge in [-0.1, -0.05) is 29.8 Å². The predicted molar refractivity (Wildman–Crippen MR) is 106 cm³/mol. The predicted octanol–water partition coefficient (Wildman–Crippen LogP) is 5.41. The monoisotopic (exact) mass is 346 g/mol. The van der Waals surface area contributed by atoms with Crippen LogP contribution in [0, 0.1) is 12.7 Å². The van der Waals surface area contributed by atoms with Crippen LogP contribution in [0.1, 0.15) is 41.6 Å². The highest BCUT2D eigenvalue weighted by Crippen LogP contribution is 2.42. The molecule has 3 heterocycles. The zero-order valence-corrected chi connectivity index (χ0v) is 15.3. The van der Waals surface area contributed by atoms with Gasteiger partial charge in [-0.3, -0.25) is 4.90 Å². The fraction of sp³-hybridized carbons (Fsp3) is 0.304. The zero-order valence-electron chi connectivity index (χ0n) is 15.3. The van der Waals surface area contributed by atoms with E-state index in [0.717, 1.165) is 12.1 Å². The summed E-state index contributed by atoms with van der Waals surface area (Å²) in [5.74, 6) is 0.470. The number of rotatable bonds is 2. The Morgan fingerprint density at radius 2 is 2.04 bits per heavy atom. The van der Waals surface area contributed by atoms with E-state index in [-0.39, 0.29) is 5.82 Å². The highest BCUT2D eigenvalue weighted by molar-refractivity contribution is 5.91. The molecular weight excluding hydrogens is 323 g/mol. The van der Waals surface area contributed by atoms with E-state index in [1.165, 1.54) is 53.3 Å². The van der Waals surface area contributed by atoms with Gasteiger partial charge in [0.25, 0.3) is 0 Å². The average molecular weight is 346 g/mol. The Morgan fingerprint density at radius 1 is 1.19 bits per heavy atom. The van der Waals surface area contributed by atoms with Gasteiger partial charge in [0.2, 0.25) is 0 Å². The molecule has 1 saturated heterocycles. The summed E-state index contributed by atoms with van der Waals surface area (Å²) in [6.07, 6.45) is 3.37. The third-order valence-corrected chi connectivity index (χ3v) is 5.98. The smallest absolute Gasteiger partial charge is 0.130 e.